The number of ether oxygens (including phenoxy) is 1. The molecule has 30 heavy (non-hydrogen) atoms. The van der Waals surface area contributed by atoms with Crippen molar-refractivity contribution < 1.29 is 14.3 Å². The first-order valence-corrected chi connectivity index (χ1v) is 10.2. The van der Waals surface area contributed by atoms with E-state index in [1.54, 1.807) is 49.8 Å². The van der Waals surface area contributed by atoms with Gasteiger partial charge in [0, 0.05) is 0 Å². The molecule has 2 heterocycles. The van der Waals surface area contributed by atoms with Crippen molar-refractivity contribution in [3.05, 3.63) is 75.9 Å². The molecule has 0 spiro atoms. The summed E-state index contributed by atoms with van der Waals surface area (Å²) >= 11 is 2.79. The predicted octanol–water partition coefficient (Wildman–Crippen LogP) is 3.39. The molecular formula is C21H21LiN4O3S. The molecule has 1 amide bonds. The Hall–Kier alpha value is -2.47. The van der Waals surface area contributed by atoms with Crippen molar-refractivity contribution in [2.24, 2.45) is 5.84 Å². The molecule has 3 aromatic rings. The average molecular weight is 416 g/mol. The molecule has 0 radical (unpaired) electrons. The van der Waals surface area contributed by atoms with Crippen molar-refractivity contribution in [2.75, 3.05) is 12.1 Å². The van der Waals surface area contributed by atoms with Gasteiger partial charge in [0.15, 0.2) is 0 Å². The van der Waals surface area contributed by atoms with Crippen LogP contribution >= 0.6 is 11.3 Å². The summed E-state index contributed by atoms with van der Waals surface area (Å²) < 4.78 is 4.96. The Morgan fingerprint density at radius 3 is 2.63 bits per heavy atom. The Bertz CT molecular complexity index is 1070. The van der Waals surface area contributed by atoms with Crippen LogP contribution in [0, 0.1) is 13.8 Å². The Labute approximate surface area is 188 Å². The van der Waals surface area contributed by atoms with Crippen molar-refractivity contribution in [3.8, 4) is 5.75 Å². The minimum atomic E-state index is -0.290. The number of pyridine rings is 1. The predicted molar refractivity (Wildman–Crippen MR) is 118 cm³/mol. The second kappa shape index (κ2) is 9.56. The number of hydrogen-bond acceptors (Lipinski definition) is 7. The van der Waals surface area contributed by atoms with E-state index in [1.165, 1.54) is 39.2 Å². The summed E-state index contributed by atoms with van der Waals surface area (Å²) in [7, 11) is 1.55. The van der Waals surface area contributed by atoms with Gasteiger partial charge in [-0.05, 0) is 0 Å². The first-order chi connectivity index (χ1) is 14.3. The van der Waals surface area contributed by atoms with E-state index >= 15 is 0 Å². The van der Waals surface area contributed by atoms with Gasteiger partial charge in [-0.25, -0.2) is 0 Å². The summed E-state index contributed by atoms with van der Waals surface area (Å²) in [5.41, 5.74) is 2.61. The summed E-state index contributed by atoms with van der Waals surface area (Å²) in [5, 5.41) is 3.16. The van der Waals surface area contributed by atoms with Gasteiger partial charge in [0.05, 0.1) is 0 Å². The number of aryl methyl sites for hydroxylation is 1. The fourth-order valence-corrected chi connectivity index (χ4v) is 4.34. The number of ketones is 1. The molecular weight excluding hydrogens is 395 g/mol. The number of hydrogen-bond donors (Lipinski definition) is 1. The molecule has 0 saturated carbocycles. The quantitative estimate of drug-likeness (QED) is 0.275. The van der Waals surface area contributed by atoms with Crippen molar-refractivity contribution in [2.45, 2.75) is 20.4 Å². The zero-order chi connectivity index (χ0) is 21.8. The van der Waals surface area contributed by atoms with E-state index in [1.807, 2.05) is 19.9 Å². The molecule has 2 aromatic heterocycles. The van der Waals surface area contributed by atoms with E-state index in [0.29, 0.717) is 21.9 Å². The Kier molecular flexibility index (Phi) is 7.08. The normalized spacial score (nSPS) is 10.9. The number of carbonyl (C=O) groups is 2. The fourth-order valence-electron chi connectivity index (χ4n) is 3.12. The molecule has 0 aliphatic heterocycles. The number of methoxy groups -OCH3 is 1. The molecule has 0 unspecified atom stereocenters. The van der Waals surface area contributed by atoms with Gasteiger partial charge in [-0.15, -0.1) is 0 Å². The maximum atomic E-state index is 13.4. The molecule has 1 aromatic carbocycles. The van der Waals surface area contributed by atoms with E-state index in [9.17, 15) is 9.59 Å². The third-order valence-corrected chi connectivity index (χ3v) is 5.92. The van der Waals surface area contributed by atoms with Crippen molar-refractivity contribution in [3.63, 3.8) is 0 Å². The number of rotatable bonds is 7. The number of aromatic nitrogens is 1. The number of benzene rings is 1. The molecule has 0 fully saturated rings. The summed E-state index contributed by atoms with van der Waals surface area (Å²) in [6.07, 6.45) is 3.36. The molecule has 0 aliphatic carbocycles. The fraction of sp³-hybridized carbons (Fsp3) is 0.190. The van der Waals surface area contributed by atoms with Gasteiger partial charge in [-0.3, -0.25) is 0 Å². The van der Waals surface area contributed by atoms with Crippen LogP contribution in [0.5, 0.6) is 5.75 Å². The first-order valence-electron chi connectivity index (χ1n) is 9.34. The van der Waals surface area contributed by atoms with E-state index in [2.05, 4.69) is 4.98 Å². The summed E-state index contributed by atoms with van der Waals surface area (Å²) in [6, 6.07) is 10.6. The number of amides is 1. The minimum absolute atomic E-state index is 0.188. The van der Waals surface area contributed by atoms with E-state index in [-0.39, 0.29) is 16.9 Å². The van der Waals surface area contributed by atoms with E-state index < -0.39 is 0 Å². The molecule has 0 aliphatic rings. The molecule has 7 nitrogen and oxygen atoms in total. The second-order valence-electron chi connectivity index (χ2n) is 6.81. The van der Waals surface area contributed by atoms with Crippen molar-refractivity contribution in [1.82, 2.24) is 10.1 Å². The zero-order valence-electron chi connectivity index (χ0n) is 17.4. The monoisotopic (exact) mass is 416 g/mol. The Morgan fingerprint density at radius 1 is 1.23 bits per heavy atom. The van der Waals surface area contributed by atoms with E-state index in [4.69, 9.17) is 10.6 Å². The first kappa shape index (κ1) is 22.2. The number of nitrogens with zero attached hydrogens (tertiary/aromatic N) is 3. The van der Waals surface area contributed by atoms with Gasteiger partial charge < -0.3 is 0 Å². The number of hydrazine groups is 2. The third-order valence-electron chi connectivity index (χ3n) is 4.74. The van der Waals surface area contributed by atoms with Crippen LogP contribution in [0.1, 0.15) is 31.9 Å². The summed E-state index contributed by atoms with van der Waals surface area (Å²) in [6.45, 7) is 4.06. The van der Waals surface area contributed by atoms with Crippen molar-refractivity contribution >= 4 is 44.4 Å². The summed E-state index contributed by atoms with van der Waals surface area (Å²) in [5.74, 6) is 6.68. The third kappa shape index (κ3) is 4.64. The van der Waals surface area contributed by atoms with Gasteiger partial charge in [0.1, 0.15) is 0 Å². The maximum absolute atomic E-state index is 13.4. The van der Waals surface area contributed by atoms with Gasteiger partial charge in [-0.2, -0.15) is 0 Å². The number of thiophene rings is 1. The van der Waals surface area contributed by atoms with Gasteiger partial charge >= 0.3 is 189 Å². The van der Waals surface area contributed by atoms with Gasteiger partial charge in [-0.1, -0.05) is 0 Å². The molecule has 0 atom stereocenters. The number of nitrogens with two attached hydrogens (primary N) is 1. The standard InChI is InChI=1S/C21H21N4O3S.Li/c1-14-15(2)29-21(19(14)20(27)17-7-4-8-18(10-17)28-3)24(13-26)25(22)12-16-6-5-9-23-11-16;/h4-11H,12,22H2,1-3H3;. The van der Waals surface area contributed by atoms with Crippen LogP contribution in [0.3, 0.4) is 0 Å². The number of anilines is 1. The van der Waals surface area contributed by atoms with Crippen LogP contribution in [0.15, 0.2) is 48.8 Å². The van der Waals surface area contributed by atoms with Crippen LogP contribution in [0.4, 0.5) is 9.80 Å². The molecule has 150 valence electrons. The Balaban J connectivity index is 2.04. The average Bonchev–Trinajstić information content (AvgIpc) is 3.02. The van der Waals surface area contributed by atoms with Crippen molar-refractivity contribution in [1.29, 1.82) is 0 Å². The second-order valence-corrected chi connectivity index (χ2v) is 8.02. The molecule has 0 bridgehead atoms. The molecule has 9 heteroatoms. The van der Waals surface area contributed by atoms with Crippen LogP contribution < -0.4 is 15.6 Å². The van der Waals surface area contributed by atoms with Crippen LogP contribution in [-0.4, -0.2) is 45.3 Å². The summed E-state index contributed by atoms with van der Waals surface area (Å²) in [4.78, 5) is 31.0. The number of carbonyl (C=O) groups excluding carboxylic acids is 2. The Morgan fingerprint density at radius 2 is 2.00 bits per heavy atom. The van der Waals surface area contributed by atoms with Crippen LogP contribution in [0.2, 0.25) is 0 Å². The van der Waals surface area contributed by atoms with E-state index in [0.717, 1.165) is 16.0 Å². The van der Waals surface area contributed by atoms with Crippen LogP contribution in [0.25, 0.3) is 0 Å². The van der Waals surface area contributed by atoms with Gasteiger partial charge in [0.2, 0.25) is 0 Å². The topological polar surface area (TPSA) is 88.8 Å². The SMILES string of the molecule is [Li][C](=O)N(c1sc(C)c(C)c1C(=O)c1cccc(OC)c1)N(N)Cc1cccnc1. The molecule has 2 N–H and O–H groups in total. The molecule has 3 rings (SSSR count). The van der Waals surface area contributed by atoms with Crippen LogP contribution in [-0.2, 0) is 6.54 Å². The zero-order valence-corrected chi connectivity index (χ0v) is 18.2. The molecule has 0 saturated heterocycles. The van der Waals surface area contributed by atoms with Gasteiger partial charge in [0.25, 0.3) is 0 Å².